The average molecular weight is 276 g/mol. The van der Waals surface area contributed by atoms with Crippen LogP contribution in [-0.2, 0) is 11.3 Å². The van der Waals surface area contributed by atoms with Crippen molar-refractivity contribution in [3.63, 3.8) is 0 Å². The minimum absolute atomic E-state index is 0.00290. The number of β-amino-alcohol motifs (C(OH)–C–C–N with tert-alkyl or cyclic N) is 1. The van der Waals surface area contributed by atoms with E-state index in [4.69, 9.17) is 0 Å². The zero-order valence-corrected chi connectivity index (χ0v) is 12.2. The highest BCUT2D eigenvalue weighted by molar-refractivity contribution is 5.78. The van der Waals surface area contributed by atoms with E-state index in [0.717, 1.165) is 12.0 Å². The van der Waals surface area contributed by atoms with Crippen molar-refractivity contribution in [2.75, 3.05) is 13.1 Å². The number of carbonyl (C=O) groups is 1. The molecule has 1 saturated heterocycles. The van der Waals surface area contributed by atoms with Crippen LogP contribution in [0.2, 0.25) is 0 Å². The van der Waals surface area contributed by atoms with Crippen molar-refractivity contribution in [2.45, 2.75) is 39.0 Å². The van der Waals surface area contributed by atoms with Gasteiger partial charge >= 0.3 is 0 Å². The summed E-state index contributed by atoms with van der Waals surface area (Å²) in [6, 6.07) is 9.91. The second-order valence-electron chi connectivity index (χ2n) is 6.03. The highest BCUT2D eigenvalue weighted by Gasteiger charge is 2.29. The standard InChI is InChI=1S/C16H24N2O2/c1-12(2)8-14-15(19)10-18(11-16(20)17-14)9-13-6-4-3-5-7-13/h3-7,12,14-15,19H,8-11H2,1-2H3,(H,17,20)/t14-,15?/m0/s1. The molecule has 4 heteroatoms. The van der Waals surface area contributed by atoms with Gasteiger partial charge in [0, 0.05) is 13.1 Å². The van der Waals surface area contributed by atoms with Gasteiger partial charge in [0.1, 0.15) is 0 Å². The van der Waals surface area contributed by atoms with Crippen molar-refractivity contribution >= 4 is 5.91 Å². The molecule has 110 valence electrons. The summed E-state index contributed by atoms with van der Waals surface area (Å²) in [6.07, 6.45) is 0.305. The fourth-order valence-electron chi connectivity index (χ4n) is 2.69. The summed E-state index contributed by atoms with van der Waals surface area (Å²) in [5.74, 6) is 0.457. The van der Waals surface area contributed by atoms with Gasteiger partial charge in [-0.2, -0.15) is 0 Å². The van der Waals surface area contributed by atoms with Gasteiger partial charge in [-0.3, -0.25) is 9.69 Å². The molecule has 0 spiro atoms. The van der Waals surface area contributed by atoms with E-state index in [1.165, 1.54) is 0 Å². The number of aliphatic hydroxyl groups excluding tert-OH is 1. The third-order valence-electron chi connectivity index (χ3n) is 3.60. The second kappa shape index (κ2) is 6.86. The molecule has 20 heavy (non-hydrogen) atoms. The molecule has 2 N–H and O–H groups in total. The number of hydrogen-bond donors (Lipinski definition) is 2. The summed E-state index contributed by atoms with van der Waals surface area (Å²) < 4.78 is 0. The number of amides is 1. The molecule has 1 amide bonds. The summed E-state index contributed by atoms with van der Waals surface area (Å²) in [5.41, 5.74) is 1.16. The predicted molar refractivity (Wildman–Crippen MR) is 79.1 cm³/mol. The molecule has 2 atom stereocenters. The summed E-state index contributed by atoms with van der Waals surface area (Å²) >= 11 is 0. The third kappa shape index (κ3) is 4.32. The lowest BCUT2D eigenvalue weighted by Gasteiger charge is -2.25. The fraction of sp³-hybridized carbons (Fsp3) is 0.562. The van der Waals surface area contributed by atoms with Crippen molar-refractivity contribution in [3.05, 3.63) is 35.9 Å². The normalized spacial score (nSPS) is 24.5. The maximum absolute atomic E-state index is 12.0. The van der Waals surface area contributed by atoms with Crippen LogP contribution in [0.4, 0.5) is 0 Å². The predicted octanol–water partition coefficient (Wildman–Crippen LogP) is 1.39. The summed E-state index contributed by atoms with van der Waals surface area (Å²) in [6.45, 7) is 5.78. The van der Waals surface area contributed by atoms with Gasteiger partial charge in [-0.25, -0.2) is 0 Å². The lowest BCUT2D eigenvalue weighted by Crippen LogP contribution is -2.43. The van der Waals surface area contributed by atoms with E-state index in [-0.39, 0.29) is 11.9 Å². The monoisotopic (exact) mass is 276 g/mol. The molecular weight excluding hydrogens is 252 g/mol. The quantitative estimate of drug-likeness (QED) is 0.874. The highest BCUT2D eigenvalue weighted by Crippen LogP contribution is 2.14. The molecule has 1 aromatic rings. The number of rotatable bonds is 4. The molecule has 1 aliphatic heterocycles. The topological polar surface area (TPSA) is 52.6 Å². The van der Waals surface area contributed by atoms with E-state index in [1.807, 2.05) is 35.2 Å². The van der Waals surface area contributed by atoms with Crippen molar-refractivity contribution in [1.82, 2.24) is 10.2 Å². The molecule has 0 aromatic heterocycles. The molecule has 1 unspecified atom stereocenters. The lowest BCUT2D eigenvalue weighted by molar-refractivity contribution is -0.122. The Morgan fingerprint density at radius 2 is 2.05 bits per heavy atom. The average Bonchev–Trinajstić information content (AvgIpc) is 2.49. The number of carbonyl (C=O) groups excluding carboxylic acids is 1. The largest absolute Gasteiger partial charge is 0.390 e. The van der Waals surface area contributed by atoms with Gasteiger partial charge in [-0.1, -0.05) is 44.2 Å². The number of benzene rings is 1. The van der Waals surface area contributed by atoms with E-state index in [9.17, 15) is 9.90 Å². The van der Waals surface area contributed by atoms with Crippen LogP contribution in [0.5, 0.6) is 0 Å². The van der Waals surface area contributed by atoms with Gasteiger partial charge in [-0.05, 0) is 17.9 Å². The molecule has 2 rings (SSSR count). The zero-order valence-electron chi connectivity index (χ0n) is 12.2. The minimum atomic E-state index is -0.507. The molecular formula is C16H24N2O2. The minimum Gasteiger partial charge on any atom is -0.390 e. The zero-order chi connectivity index (χ0) is 14.5. The number of nitrogens with zero attached hydrogens (tertiary/aromatic N) is 1. The number of hydrogen-bond acceptors (Lipinski definition) is 3. The molecule has 0 radical (unpaired) electrons. The number of aliphatic hydroxyl groups is 1. The van der Waals surface area contributed by atoms with Crippen LogP contribution in [0, 0.1) is 5.92 Å². The molecule has 0 bridgehead atoms. The van der Waals surface area contributed by atoms with E-state index >= 15 is 0 Å². The third-order valence-corrected chi connectivity index (χ3v) is 3.60. The van der Waals surface area contributed by atoms with Crippen LogP contribution in [0.3, 0.4) is 0 Å². The molecule has 0 saturated carbocycles. The summed E-state index contributed by atoms with van der Waals surface area (Å²) in [5, 5.41) is 13.3. The Bertz CT molecular complexity index is 433. The van der Waals surface area contributed by atoms with Gasteiger partial charge in [-0.15, -0.1) is 0 Å². The SMILES string of the molecule is CC(C)C[C@@H]1NC(=O)CN(Cc2ccccc2)CC1O. The summed E-state index contributed by atoms with van der Waals surface area (Å²) in [7, 11) is 0. The first kappa shape index (κ1) is 15.0. The molecule has 1 aromatic carbocycles. The van der Waals surface area contributed by atoms with Gasteiger partial charge in [0.15, 0.2) is 0 Å². The molecule has 1 fully saturated rings. The van der Waals surface area contributed by atoms with Crippen molar-refractivity contribution in [3.8, 4) is 0 Å². The van der Waals surface area contributed by atoms with Crippen molar-refractivity contribution in [1.29, 1.82) is 0 Å². The molecule has 1 aliphatic rings. The Hall–Kier alpha value is -1.39. The van der Waals surface area contributed by atoms with Crippen LogP contribution in [0.1, 0.15) is 25.8 Å². The van der Waals surface area contributed by atoms with Crippen LogP contribution < -0.4 is 5.32 Å². The Morgan fingerprint density at radius 3 is 2.70 bits per heavy atom. The van der Waals surface area contributed by atoms with Gasteiger partial charge in [0.2, 0.25) is 5.91 Å². The Morgan fingerprint density at radius 1 is 1.35 bits per heavy atom. The van der Waals surface area contributed by atoms with Gasteiger partial charge in [0.05, 0.1) is 18.7 Å². The Kier molecular flexibility index (Phi) is 5.15. The van der Waals surface area contributed by atoms with Crippen LogP contribution in [-0.4, -0.2) is 41.1 Å². The maximum Gasteiger partial charge on any atom is 0.234 e. The van der Waals surface area contributed by atoms with Crippen LogP contribution in [0.25, 0.3) is 0 Å². The van der Waals surface area contributed by atoms with Gasteiger partial charge < -0.3 is 10.4 Å². The molecule has 1 heterocycles. The Balaban J connectivity index is 2.00. The first-order valence-electron chi connectivity index (χ1n) is 7.28. The fourth-order valence-corrected chi connectivity index (χ4v) is 2.69. The first-order chi connectivity index (χ1) is 9.54. The van der Waals surface area contributed by atoms with Crippen LogP contribution >= 0.6 is 0 Å². The van der Waals surface area contributed by atoms with Crippen molar-refractivity contribution in [2.24, 2.45) is 5.92 Å². The first-order valence-corrected chi connectivity index (χ1v) is 7.28. The number of nitrogens with one attached hydrogen (secondary N) is 1. The van der Waals surface area contributed by atoms with E-state index in [0.29, 0.717) is 25.6 Å². The maximum atomic E-state index is 12.0. The van der Waals surface area contributed by atoms with Crippen LogP contribution in [0.15, 0.2) is 30.3 Å². The van der Waals surface area contributed by atoms with E-state index in [1.54, 1.807) is 0 Å². The van der Waals surface area contributed by atoms with E-state index in [2.05, 4.69) is 19.2 Å². The second-order valence-corrected chi connectivity index (χ2v) is 6.03. The Labute approximate surface area is 120 Å². The molecule has 0 aliphatic carbocycles. The molecule has 4 nitrogen and oxygen atoms in total. The van der Waals surface area contributed by atoms with Gasteiger partial charge in [0.25, 0.3) is 0 Å². The lowest BCUT2D eigenvalue weighted by atomic mass is 9.99. The van der Waals surface area contributed by atoms with E-state index < -0.39 is 6.10 Å². The van der Waals surface area contributed by atoms with Crippen molar-refractivity contribution < 1.29 is 9.90 Å². The highest BCUT2D eigenvalue weighted by atomic mass is 16.3. The smallest absolute Gasteiger partial charge is 0.234 e. The summed E-state index contributed by atoms with van der Waals surface area (Å²) in [4.78, 5) is 14.0.